The summed E-state index contributed by atoms with van der Waals surface area (Å²) in [4.78, 5) is 0. The molecule has 1 aromatic carbocycles. The van der Waals surface area contributed by atoms with Crippen molar-refractivity contribution in [2.24, 2.45) is 0 Å². The number of rotatable bonds is 9. The molecule has 1 aromatic rings. The summed E-state index contributed by atoms with van der Waals surface area (Å²) in [6, 6.07) is 5.82. The zero-order valence-electron chi connectivity index (χ0n) is 10.9. The smallest absolute Gasteiger partial charge is 0.406 e. The maximum absolute atomic E-state index is 12.0. The standard InChI is InChI=1S/C13H18F3NO2S/c14-13(15,16)19-12-4-2-11(3-5-12)10-17-6-9-20-8-1-7-18/h2-5,17-18H,1,6-10H2. The van der Waals surface area contributed by atoms with E-state index in [1.807, 2.05) is 0 Å². The van der Waals surface area contributed by atoms with Gasteiger partial charge in [-0.3, -0.25) is 0 Å². The fraction of sp³-hybridized carbons (Fsp3) is 0.538. The Morgan fingerprint density at radius 1 is 1.15 bits per heavy atom. The molecule has 0 bridgehead atoms. The van der Waals surface area contributed by atoms with Crippen LogP contribution in [0.2, 0.25) is 0 Å². The molecule has 0 amide bonds. The van der Waals surface area contributed by atoms with Crippen molar-refractivity contribution in [3.05, 3.63) is 29.8 Å². The highest BCUT2D eigenvalue weighted by Gasteiger charge is 2.30. The Kier molecular flexibility index (Phi) is 7.79. The van der Waals surface area contributed by atoms with Crippen LogP contribution in [0.4, 0.5) is 13.2 Å². The number of aliphatic hydroxyl groups excluding tert-OH is 1. The van der Waals surface area contributed by atoms with Crippen LogP contribution in [0.5, 0.6) is 5.75 Å². The van der Waals surface area contributed by atoms with Crippen LogP contribution < -0.4 is 10.1 Å². The molecule has 2 N–H and O–H groups in total. The second-order valence-corrected chi connectivity index (χ2v) is 5.28. The van der Waals surface area contributed by atoms with Crippen LogP contribution in [-0.4, -0.2) is 36.1 Å². The van der Waals surface area contributed by atoms with Crippen molar-refractivity contribution in [3.63, 3.8) is 0 Å². The molecule has 7 heteroatoms. The lowest BCUT2D eigenvalue weighted by molar-refractivity contribution is -0.274. The SMILES string of the molecule is OCCCSCCNCc1ccc(OC(F)(F)F)cc1. The summed E-state index contributed by atoms with van der Waals surface area (Å²) in [5.41, 5.74) is 0.903. The van der Waals surface area contributed by atoms with Gasteiger partial charge in [-0.05, 0) is 29.9 Å². The summed E-state index contributed by atoms with van der Waals surface area (Å²) in [5.74, 6) is 1.66. The van der Waals surface area contributed by atoms with Crippen molar-refractivity contribution in [3.8, 4) is 5.75 Å². The third-order valence-corrected chi connectivity index (χ3v) is 3.43. The molecular formula is C13H18F3NO2S. The fourth-order valence-corrected chi connectivity index (χ4v) is 2.28. The Balaban J connectivity index is 2.18. The maximum atomic E-state index is 12.0. The van der Waals surface area contributed by atoms with Crippen LogP contribution in [0.15, 0.2) is 24.3 Å². The molecule has 1 rings (SSSR count). The van der Waals surface area contributed by atoms with E-state index >= 15 is 0 Å². The summed E-state index contributed by atoms with van der Waals surface area (Å²) in [6.07, 6.45) is -3.85. The average molecular weight is 309 g/mol. The Bertz CT molecular complexity index is 371. The van der Waals surface area contributed by atoms with E-state index in [1.165, 1.54) is 12.1 Å². The van der Waals surface area contributed by atoms with Crippen molar-refractivity contribution in [2.45, 2.75) is 19.3 Å². The second kappa shape index (κ2) is 9.10. The predicted octanol–water partition coefficient (Wildman–Crippen LogP) is 2.79. The monoisotopic (exact) mass is 309 g/mol. The second-order valence-electron chi connectivity index (χ2n) is 4.06. The molecule has 0 atom stereocenters. The molecular weight excluding hydrogens is 291 g/mol. The molecule has 0 radical (unpaired) electrons. The number of hydrogen-bond acceptors (Lipinski definition) is 4. The molecule has 114 valence electrons. The van der Waals surface area contributed by atoms with Crippen molar-refractivity contribution < 1.29 is 23.0 Å². The van der Waals surface area contributed by atoms with E-state index in [4.69, 9.17) is 5.11 Å². The first-order valence-corrected chi connectivity index (χ1v) is 7.41. The Hall–Kier alpha value is -0.920. The van der Waals surface area contributed by atoms with E-state index in [0.717, 1.165) is 30.0 Å². The van der Waals surface area contributed by atoms with Gasteiger partial charge in [-0.2, -0.15) is 11.8 Å². The number of hydrogen-bond donors (Lipinski definition) is 2. The van der Waals surface area contributed by atoms with Crippen LogP contribution >= 0.6 is 11.8 Å². The molecule has 0 aromatic heterocycles. The number of ether oxygens (including phenoxy) is 1. The molecule has 20 heavy (non-hydrogen) atoms. The summed E-state index contributed by atoms with van der Waals surface area (Å²) in [5, 5.41) is 11.8. The van der Waals surface area contributed by atoms with Gasteiger partial charge in [-0.1, -0.05) is 12.1 Å². The predicted molar refractivity (Wildman–Crippen MR) is 73.9 cm³/mol. The highest BCUT2D eigenvalue weighted by Crippen LogP contribution is 2.22. The Morgan fingerprint density at radius 3 is 2.45 bits per heavy atom. The minimum Gasteiger partial charge on any atom is -0.406 e. The third kappa shape index (κ3) is 8.29. The summed E-state index contributed by atoms with van der Waals surface area (Å²) in [7, 11) is 0. The van der Waals surface area contributed by atoms with Crippen LogP contribution in [0, 0.1) is 0 Å². The zero-order chi connectivity index (χ0) is 14.8. The molecule has 0 aliphatic heterocycles. The molecule has 0 unspecified atom stereocenters. The molecule has 3 nitrogen and oxygen atoms in total. The first-order chi connectivity index (χ1) is 9.51. The molecule has 0 saturated carbocycles. The van der Waals surface area contributed by atoms with E-state index in [-0.39, 0.29) is 12.4 Å². The number of nitrogens with one attached hydrogen (secondary N) is 1. The summed E-state index contributed by atoms with van der Waals surface area (Å²) >= 11 is 1.75. The summed E-state index contributed by atoms with van der Waals surface area (Å²) < 4.78 is 39.7. The molecule has 0 spiro atoms. The van der Waals surface area contributed by atoms with Gasteiger partial charge in [-0.15, -0.1) is 13.2 Å². The average Bonchev–Trinajstić information content (AvgIpc) is 2.38. The molecule has 0 fully saturated rings. The van der Waals surface area contributed by atoms with Crippen molar-refractivity contribution in [1.29, 1.82) is 0 Å². The normalized spacial score (nSPS) is 11.6. The highest BCUT2D eigenvalue weighted by molar-refractivity contribution is 7.99. The van der Waals surface area contributed by atoms with Crippen LogP contribution in [0.25, 0.3) is 0 Å². The van der Waals surface area contributed by atoms with E-state index in [0.29, 0.717) is 6.54 Å². The number of alkyl halides is 3. The van der Waals surface area contributed by atoms with Crippen LogP contribution in [-0.2, 0) is 6.54 Å². The third-order valence-electron chi connectivity index (χ3n) is 2.36. The fourth-order valence-electron chi connectivity index (χ4n) is 1.45. The molecule has 0 heterocycles. The highest BCUT2D eigenvalue weighted by atomic mass is 32.2. The summed E-state index contributed by atoms with van der Waals surface area (Å²) in [6.45, 7) is 1.64. The van der Waals surface area contributed by atoms with E-state index in [2.05, 4.69) is 10.1 Å². The molecule has 0 aliphatic carbocycles. The number of halogens is 3. The minimum absolute atomic E-state index is 0.208. The van der Waals surface area contributed by atoms with E-state index in [9.17, 15) is 13.2 Å². The van der Waals surface area contributed by atoms with Crippen LogP contribution in [0.1, 0.15) is 12.0 Å². The lowest BCUT2D eigenvalue weighted by Gasteiger charge is -2.09. The van der Waals surface area contributed by atoms with Gasteiger partial charge in [0.2, 0.25) is 0 Å². The quantitative estimate of drug-likeness (QED) is 0.688. The first kappa shape index (κ1) is 17.1. The first-order valence-electron chi connectivity index (χ1n) is 6.25. The zero-order valence-corrected chi connectivity index (χ0v) is 11.8. The maximum Gasteiger partial charge on any atom is 0.573 e. The number of thioether (sulfide) groups is 1. The van der Waals surface area contributed by atoms with Crippen LogP contribution in [0.3, 0.4) is 0 Å². The van der Waals surface area contributed by atoms with Gasteiger partial charge in [0.25, 0.3) is 0 Å². The van der Waals surface area contributed by atoms with Gasteiger partial charge in [0, 0.05) is 25.4 Å². The van der Waals surface area contributed by atoms with Gasteiger partial charge >= 0.3 is 6.36 Å². The Labute approximate surface area is 120 Å². The molecule has 0 aliphatic rings. The lowest BCUT2D eigenvalue weighted by Crippen LogP contribution is -2.18. The van der Waals surface area contributed by atoms with E-state index < -0.39 is 6.36 Å². The Morgan fingerprint density at radius 2 is 1.85 bits per heavy atom. The van der Waals surface area contributed by atoms with Crippen molar-refractivity contribution >= 4 is 11.8 Å². The topological polar surface area (TPSA) is 41.5 Å². The van der Waals surface area contributed by atoms with Crippen molar-refractivity contribution in [1.82, 2.24) is 5.32 Å². The van der Waals surface area contributed by atoms with Gasteiger partial charge in [0.15, 0.2) is 0 Å². The number of benzene rings is 1. The van der Waals surface area contributed by atoms with Gasteiger partial charge < -0.3 is 15.2 Å². The van der Waals surface area contributed by atoms with Gasteiger partial charge in [0.1, 0.15) is 5.75 Å². The largest absolute Gasteiger partial charge is 0.573 e. The van der Waals surface area contributed by atoms with Crippen molar-refractivity contribution in [2.75, 3.05) is 24.7 Å². The lowest BCUT2D eigenvalue weighted by atomic mass is 10.2. The minimum atomic E-state index is -4.65. The number of aliphatic hydroxyl groups is 1. The van der Waals surface area contributed by atoms with Gasteiger partial charge in [-0.25, -0.2) is 0 Å². The van der Waals surface area contributed by atoms with E-state index in [1.54, 1.807) is 23.9 Å². The molecule has 0 saturated heterocycles. The van der Waals surface area contributed by atoms with Gasteiger partial charge in [0.05, 0.1) is 0 Å².